The predicted molar refractivity (Wildman–Crippen MR) is 111 cm³/mol. The van der Waals surface area contributed by atoms with E-state index in [-0.39, 0.29) is 24.0 Å². The van der Waals surface area contributed by atoms with Gasteiger partial charge in [0.2, 0.25) is 0 Å². The lowest BCUT2D eigenvalue weighted by molar-refractivity contribution is 0.0926. The van der Waals surface area contributed by atoms with Gasteiger partial charge in [0, 0.05) is 17.2 Å². The molecule has 2 aromatic rings. The zero-order valence-corrected chi connectivity index (χ0v) is 16.5. The molecule has 0 radical (unpaired) electrons. The lowest BCUT2D eigenvalue weighted by Crippen LogP contribution is -2.36. The molecule has 0 heterocycles. The summed E-state index contributed by atoms with van der Waals surface area (Å²) in [5.41, 5.74) is 1.69. The highest BCUT2D eigenvalue weighted by Crippen LogP contribution is 2.25. The molecule has 3 rings (SSSR count). The van der Waals surface area contributed by atoms with E-state index in [1.165, 1.54) is 19.3 Å². The summed E-state index contributed by atoms with van der Waals surface area (Å²) in [7, 11) is 0. The fourth-order valence-corrected chi connectivity index (χ4v) is 3.41. The predicted octanol–water partition coefficient (Wildman–Crippen LogP) is 4.79. The van der Waals surface area contributed by atoms with Gasteiger partial charge in [-0.2, -0.15) is 0 Å². The van der Waals surface area contributed by atoms with Crippen molar-refractivity contribution in [2.75, 3.05) is 5.32 Å². The largest absolute Gasteiger partial charge is 0.489 e. The number of ether oxygens (including phenoxy) is 1. The van der Waals surface area contributed by atoms with Crippen LogP contribution in [0, 0.1) is 0 Å². The second-order valence-corrected chi connectivity index (χ2v) is 7.50. The van der Waals surface area contributed by atoms with Crippen molar-refractivity contribution in [3.63, 3.8) is 0 Å². The van der Waals surface area contributed by atoms with Crippen molar-refractivity contribution in [1.29, 1.82) is 0 Å². The topological polar surface area (TPSA) is 67.4 Å². The van der Waals surface area contributed by atoms with E-state index in [4.69, 9.17) is 4.74 Å². The van der Waals surface area contributed by atoms with Crippen LogP contribution in [0.1, 0.15) is 66.7 Å². The number of amides is 2. The monoisotopic (exact) mass is 380 g/mol. The molecule has 0 aliphatic heterocycles. The molecule has 0 spiro atoms. The van der Waals surface area contributed by atoms with Crippen LogP contribution in [0.3, 0.4) is 0 Å². The quantitative estimate of drug-likeness (QED) is 0.757. The van der Waals surface area contributed by atoms with E-state index in [2.05, 4.69) is 10.6 Å². The van der Waals surface area contributed by atoms with Crippen LogP contribution in [-0.2, 0) is 0 Å². The molecule has 2 N–H and O–H groups in total. The third-order valence-corrected chi connectivity index (χ3v) is 4.85. The van der Waals surface area contributed by atoms with E-state index in [1.54, 1.807) is 24.3 Å². The first-order valence-corrected chi connectivity index (χ1v) is 10.0. The Hall–Kier alpha value is -2.82. The van der Waals surface area contributed by atoms with Gasteiger partial charge in [-0.15, -0.1) is 0 Å². The Morgan fingerprint density at radius 1 is 0.893 bits per heavy atom. The summed E-state index contributed by atoms with van der Waals surface area (Å²) in [5.74, 6) is 0.322. The van der Waals surface area contributed by atoms with E-state index < -0.39 is 0 Å². The summed E-state index contributed by atoms with van der Waals surface area (Å²) in [4.78, 5) is 25.0. The molecule has 1 aliphatic carbocycles. The van der Waals surface area contributed by atoms with Gasteiger partial charge in [-0.25, -0.2) is 0 Å². The average molecular weight is 380 g/mol. The molecule has 0 unspecified atom stereocenters. The highest BCUT2D eigenvalue weighted by Gasteiger charge is 2.17. The number of hydrogen-bond donors (Lipinski definition) is 2. The molecular weight excluding hydrogens is 352 g/mol. The first-order chi connectivity index (χ1) is 13.5. The minimum Gasteiger partial charge on any atom is -0.489 e. The molecule has 5 nitrogen and oxygen atoms in total. The van der Waals surface area contributed by atoms with Gasteiger partial charge in [0.1, 0.15) is 5.75 Å². The Balaban J connectivity index is 1.63. The summed E-state index contributed by atoms with van der Waals surface area (Å²) in [6.45, 7) is 3.88. The molecule has 148 valence electrons. The second-order valence-electron chi connectivity index (χ2n) is 7.50. The van der Waals surface area contributed by atoms with E-state index >= 15 is 0 Å². The molecule has 0 saturated heterocycles. The number of carbonyl (C=O) groups excluding carboxylic acids is 2. The number of rotatable bonds is 6. The summed E-state index contributed by atoms with van der Waals surface area (Å²) >= 11 is 0. The first-order valence-electron chi connectivity index (χ1n) is 10.0. The molecule has 1 saturated carbocycles. The zero-order valence-electron chi connectivity index (χ0n) is 16.5. The Morgan fingerprint density at radius 2 is 1.50 bits per heavy atom. The van der Waals surface area contributed by atoms with Gasteiger partial charge >= 0.3 is 0 Å². The number of carbonyl (C=O) groups is 2. The highest BCUT2D eigenvalue weighted by atomic mass is 16.5. The van der Waals surface area contributed by atoms with Gasteiger partial charge in [-0.3, -0.25) is 9.59 Å². The van der Waals surface area contributed by atoms with Crippen molar-refractivity contribution in [2.24, 2.45) is 0 Å². The Kier molecular flexibility index (Phi) is 6.69. The number of anilines is 1. The van der Waals surface area contributed by atoms with Gasteiger partial charge < -0.3 is 15.4 Å². The smallest absolute Gasteiger partial charge is 0.255 e. The van der Waals surface area contributed by atoms with Crippen molar-refractivity contribution < 1.29 is 14.3 Å². The molecule has 5 heteroatoms. The maximum absolute atomic E-state index is 12.6. The van der Waals surface area contributed by atoms with Crippen LogP contribution in [0.5, 0.6) is 5.75 Å². The maximum Gasteiger partial charge on any atom is 0.255 e. The van der Waals surface area contributed by atoms with E-state index in [0.717, 1.165) is 12.8 Å². The zero-order chi connectivity index (χ0) is 19.9. The highest BCUT2D eigenvalue weighted by molar-refractivity contribution is 6.05. The number of hydrogen-bond acceptors (Lipinski definition) is 3. The Labute approximate surface area is 166 Å². The van der Waals surface area contributed by atoms with Gasteiger partial charge in [0.05, 0.1) is 11.8 Å². The molecule has 1 fully saturated rings. The van der Waals surface area contributed by atoms with Gasteiger partial charge in [0.15, 0.2) is 0 Å². The van der Waals surface area contributed by atoms with Crippen LogP contribution in [-0.4, -0.2) is 24.0 Å². The summed E-state index contributed by atoms with van der Waals surface area (Å²) < 4.78 is 5.74. The molecule has 0 bridgehead atoms. The van der Waals surface area contributed by atoms with Crippen molar-refractivity contribution in [2.45, 2.75) is 58.1 Å². The fourth-order valence-electron chi connectivity index (χ4n) is 3.41. The van der Waals surface area contributed by atoms with E-state index in [1.807, 2.05) is 38.1 Å². The molecule has 28 heavy (non-hydrogen) atoms. The van der Waals surface area contributed by atoms with Crippen LogP contribution in [0.4, 0.5) is 5.69 Å². The maximum atomic E-state index is 12.6. The van der Waals surface area contributed by atoms with Gasteiger partial charge in [-0.1, -0.05) is 31.4 Å². The molecule has 2 aromatic carbocycles. The van der Waals surface area contributed by atoms with Gasteiger partial charge in [0.25, 0.3) is 11.8 Å². The summed E-state index contributed by atoms with van der Waals surface area (Å²) in [5, 5.41) is 5.98. The minimum atomic E-state index is -0.237. The third kappa shape index (κ3) is 5.35. The second kappa shape index (κ2) is 9.40. The Morgan fingerprint density at radius 3 is 2.14 bits per heavy atom. The van der Waals surface area contributed by atoms with Crippen LogP contribution in [0.15, 0.2) is 48.5 Å². The molecule has 1 aliphatic rings. The van der Waals surface area contributed by atoms with Crippen LogP contribution >= 0.6 is 0 Å². The number of nitrogens with one attached hydrogen (secondary N) is 2. The van der Waals surface area contributed by atoms with Crippen molar-refractivity contribution in [3.05, 3.63) is 59.7 Å². The standard InChI is InChI=1S/C23H28N2O3/c1-16(2)28-21-11-7-6-10-20(21)25-23(27)18-14-12-17(13-15-18)22(26)24-19-8-4-3-5-9-19/h6-7,10-16,19H,3-5,8-9H2,1-2H3,(H,24,26)(H,25,27). The SMILES string of the molecule is CC(C)Oc1ccccc1NC(=O)c1ccc(C(=O)NC2CCCCC2)cc1. The average Bonchev–Trinajstić information content (AvgIpc) is 2.70. The molecule has 0 atom stereocenters. The van der Waals surface area contributed by atoms with Crippen LogP contribution in [0.2, 0.25) is 0 Å². The lowest BCUT2D eigenvalue weighted by atomic mass is 9.95. The normalized spacial score (nSPS) is 14.5. The first kappa shape index (κ1) is 19.9. The molecule has 0 aromatic heterocycles. The van der Waals surface area contributed by atoms with Crippen molar-refractivity contribution in [1.82, 2.24) is 5.32 Å². The van der Waals surface area contributed by atoms with Gasteiger partial charge in [-0.05, 0) is 63.1 Å². The minimum absolute atomic E-state index is 0.0139. The van der Waals surface area contributed by atoms with Crippen molar-refractivity contribution in [3.8, 4) is 5.75 Å². The fraction of sp³-hybridized carbons (Fsp3) is 0.391. The summed E-state index contributed by atoms with van der Waals surface area (Å²) in [6, 6.07) is 14.4. The lowest BCUT2D eigenvalue weighted by Gasteiger charge is -2.22. The summed E-state index contributed by atoms with van der Waals surface area (Å²) in [6.07, 6.45) is 5.70. The van der Waals surface area contributed by atoms with Crippen molar-refractivity contribution >= 4 is 17.5 Å². The molecule has 2 amide bonds. The molecular formula is C23H28N2O3. The number of benzene rings is 2. The van der Waals surface area contributed by atoms with E-state index in [0.29, 0.717) is 22.6 Å². The third-order valence-electron chi connectivity index (χ3n) is 4.85. The van der Waals surface area contributed by atoms with E-state index in [9.17, 15) is 9.59 Å². The number of para-hydroxylation sites is 2. The van der Waals surface area contributed by atoms with Crippen LogP contribution in [0.25, 0.3) is 0 Å². The van der Waals surface area contributed by atoms with Crippen LogP contribution < -0.4 is 15.4 Å². The Bertz CT molecular complexity index is 809.